The molecule has 0 aromatic carbocycles. The van der Waals surface area contributed by atoms with Gasteiger partial charge in [0.1, 0.15) is 0 Å². The lowest BCUT2D eigenvalue weighted by molar-refractivity contribution is -0.00324. The molecule has 23 heavy (non-hydrogen) atoms. The molecule has 0 saturated carbocycles. The smallest absolute Gasteiger partial charge is 0.360 e. The molecule has 0 bridgehead atoms. The van der Waals surface area contributed by atoms with Crippen molar-refractivity contribution < 1.29 is 21.6 Å². The Morgan fingerprint density at radius 1 is 0.913 bits per heavy atom. The van der Waals surface area contributed by atoms with E-state index in [-0.39, 0.29) is 6.42 Å². The van der Waals surface area contributed by atoms with Gasteiger partial charge in [0.25, 0.3) is 9.84 Å². The van der Waals surface area contributed by atoms with Gasteiger partial charge >= 0.3 is 5.04 Å². The van der Waals surface area contributed by atoms with Crippen LogP contribution in [0.4, 0.5) is 0 Å². The first-order valence-corrected chi connectivity index (χ1v) is 11.4. The fourth-order valence-electron chi connectivity index (χ4n) is 2.24. The fourth-order valence-corrected chi connectivity index (χ4v) is 5.60. The van der Waals surface area contributed by atoms with Crippen LogP contribution in [-0.2, 0) is 19.7 Å². The van der Waals surface area contributed by atoms with E-state index in [4.69, 9.17) is 0 Å². The Morgan fingerprint density at radius 3 is 1.83 bits per heavy atom. The second kappa shape index (κ2) is 9.55. The molecule has 0 heterocycles. The number of hydrogen-bond acceptors (Lipinski definition) is 4. The third-order valence-electron chi connectivity index (χ3n) is 3.91. The van der Waals surface area contributed by atoms with Crippen molar-refractivity contribution in [3.8, 4) is 0 Å². The van der Waals surface area contributed by atoms with Crippen LogP contribution in [0.3, 0.4) is 0 Å². The van der Waals surface area contributed by atoms with Crippen LogP contribution < -0.4 is 0 Å². The number of rotatable bonds is 10. The predicted octanol–water partition coefficient (Wildman–Crippen LogP) is 2.99. The van der Waals surface area contributed by atoms with Crippen LogP contribution >= 0.6 is 0 Å². The molecule has 0 amide bonds. The van der Waals surface area contributed by atoms with Gasteiger partial charge in [0.15, 0.2) is 15.1 Å². The molecule has 0 aliphatic carbocycles. The number of unbranched alkanes of at least 4 members (excludes halogenated alkanes) is 4. The molecule has 0 aromatic rings. The van der Waals surface area contributed by atoms with Crippen molar-refractivity contribution in [2.24, 2.45) is 0 Å². The summed E-state index contributed by atoms with van der Waals surface area (Å²) in [5.41, 5.74) is 9.21. The Hall–Kier alpha value is -0.720. The maximum absolute atomic E-state index is 12.6. The second-order valence-corrected chi connectivity index (χ2v) is 11.5. The van der Waals surface area contributed by atoms with Crippen LogP contribution in [0.25, 0.3) is 5.53 Å². The molecule has 0 rings (SSSR count). The Labute approximate surface area is 141 Å². The van der Waals surface area contributed by atoms with Crippen LogP contribution in [0.1, 0.15) is 73.1 Å². The van der Waals surface area contributed by atoms with Crippen LogP contribution in [0.2, 0.25) is 0 Å². The maximum Gasteiger partial charge on any atom is 0.399 e. The van der Waals surface area contributed by atoms with E-state index in [0.29, 0.717) is 6.42 Å². The minimum absolute atomic E-state index is 0.162. The maximum atomic E-state index is 12.6. The monoisotopic (exact) mass is 366 g/mol. The fraction of sp³-hybridized carbons (Fsp3) is 0.933. The van der Waals surface area contributed by atoms with Crippen molar-refractivity contribution in [2.45, 2.75) is 88.9 Å². The summed E-state index contributed by atoms with van der Waals surface area (Å²) in [6, 6.07) is 0. The standard InChI is InChI=1S/C15H30N2O4S2/c1-6-7-8-9-10-11-14(22(18,19)12(2)3)15(17-16)23(20,21)13(4)5/h12-14H,6-11H2,1-5H3. The molecule has 0 aromatic heterocycles. The van der Waals surface area contributed by atoms with Gasteiger partial charge in [0, 0.05) is 0 Å². The van der Waals surface area contributed by atoms with E-state index in [9.17, 15) is 22.4 Å². The Morgan fingerprint density at radius 2 is 1.43 bits per heavy atom. The minimum atomic E-state index is -3.93. The molecule has 0 radical (unpaired) electrons. The quantitative estimate of drug-likeness (QED) is 0.195. The number of sulfone groups is 2. The molecule has 136 valence electrons. The van der Waals surface area contributed by atoms with Gasteiger partial charge in [0.2, 0.25) is 0 Å². The van der Waals surface area contributed by atoms with Crippen molar-refractivity contribution in [3.63, 3.8) is 0 Å². The largest absolute Gasteiger partial charge is 0.399 e. The average molecular weight is 367 g/mol. The van der Waals surface area contributed by atoms with Gasteiger partial charge in [-0.2, -0.15) is 4.79 Å². The van der Waals surface area contributed by atoms with Crippen molar-refractivity contribution in [3.05, 3.63) is 5.53 Å². The van der Waals surface area contributed by atoms with Crippen LogP contribution in [0.15, 0.2) is 0 Å². The third kappa shape index (κ3) is 6.01. The summed E-state index contributed by atoms with van der Waals surface area (Å²) in [6.45, 7) is 7.99. The van der Waals surface area contributed by atoms with Gasteiger partial charge in [-0.3, -0.25) is 0 Å². The highest BCUT2D eigenvalue weighted by Crippen LogP contribution is 2.22. The molecule has 6 nitrogen and oxygen atoms in total. The lowest BCUT2D eigenvalue weighted by Crippen LogP contribution is -2.42. The molecule has 0 aliphatic heterocycles. The highest BCUT2D eigenvalue weighted by atomic mass is 32.2. The number of nitrogens with zero attached hydrogens (tertiary/aromatic N) is 2. The number of hydrogen-bond donors (Lipinski definition) is 0. The Kier molecular flexibility index (Phi) is 9.25. The van der Waals surface area contributed by atoms with E-state index < -0.39 is 40.5 Å². The first-order chi connectivity index (χ1) is 10.5. The third-order valence-corrected chi connectivity index (χ3v) is 8.82. The lowest BCUT2D eigenvalue weighted by Gasteiger charge is -2.17. The van der Waals surface area contributed by atoms with Crippen molar-refractivity contribution >= 4 is 24.7 Å². The zero-order chi connectivity index (χ0) is 18.3. The minimum Gasteiger partial charge on any atom is -0.360 e. The van der Waals surface area contributed by atoms with E-state index in [1.54, 1.807) is 0 Å². The predicted molar refractivity (Wildman–Crippen MR) is 93.9 cm³/mol. The first kappa shape index (κ1) is 22.3. The molecular formula is C15H30N2O4S2. The van der Waals surface area contributed by atoms with Gasteiger partial charge < -0.3 is 5.53 Å². The summed E-state index contributed by atoms with van der Waals surface area (Å²) in [5.74, 6) is 0. The van der Waals surface area contributed by atoms with Crippen molar-refractivity contribution in [1.29, 1.82) is 0 Å². The van der Waals surface area contributed by atoms with E-state index in [1.807, 2.05) is 0 Å². The zero-order valence-electron chi connectivity index (χ0n) is 14.8. The highest BCUT2D eigenvalue weighted by molar-refractivity contribution is 8.09. The molecule has 0 saturated heterocycles. The summed E-state index contributed by atoms with van der Waals surface area (Å²) >= 11 is 0. The van der Waals surface area contributed by atoms with E-state index in [1.165, 1.54) is 27.7 Å². The summed E-state index contributed by atoms with van der Waals surface area (Å²) in [5, 5.41) is -3.46. The zero-order valence-corrected chi connectivity index (χ0v) is 16.5. The Bertz CT molecular complexity index is 616. The average Bonchev–Trinajstić information content (AvgIpc) is 2.45. The highest BCUT2D eigenvalue weighted by Gasteiger charge is 2.46. The second-order valence-electron chi connectivity index (χ2n) is 6.36. The SMILES string of the molecule is CCCCCCCC(C(=[N+]=[N-])S(=O)(=O)C(C)C)S(=O)(=O)C(C)C. The normalized spacial score (nSPS) is 14.0. The summed E-state index contributed by atoms with van der Waals surface area (Å²) < 4.78 is 49.8. The lowest BCUT2D eigenvalue weighted by atomic mass is 10.1. The van der Waals surface area contributed by atoms with Crippen LogP contribution in [-0.4, -0.2) is 42.4 Å². The van der Waals surface area contributed by atoms with Crippen molar-refractivity contribution in [1.82, 2.24) is 0 Å². The topological polar surface area (TPSA) is 105 Å². The van der Waals surface area contributed by atoms with Gasteiger partial charge in [0.05, 0.1) is 10.5 Å². The molecule has 1 atom stereocenters. The van der Waals surface area contributed by atoms with Gasteiger partial charge in [-0.05, 0) is 34.1 Å². The van der Waals surface area contributed by atoms with Crippen LogP contribution in [0.5, 0.6) is 0 Å². The van der Waals surface area contributed by atoms with E-state index in [0.717, 1.165) is 25.7 Å². The molecule has 8 heteroatoms. The molecule has 0 fully saturated rings. The summed E-state index contributed by atoms with van der Waals surface area (Å²) in [6.07, 6.45) is 4.69. The van der Waals surface area contributed by atoms with E-state index in [2.05, 4.69) is 11.7 Å². The molecule has 0 N–H and O–H groups in total. The van der Waals surface area contributed by atoms with Gasteiger partial charge in [-0.25, -0.2) is 16.8 Å². The first-order valence-electron chi connectivity index (χ1n) is 8.21. The summed E-state index contributed by atoms with van der Waals surface area (Å²) in [4.78, 5) is 2.89. The molecule has 0 spiro atoms. The van der Waals surface area contributed by atoms with Gasteiger partial charge in [-0.1, -0.05) is 39.0 Å². The molecule has 0 aliphatic rings. The summed E-state index contributed by atoms with van der Waals surface area (Å²) in [7, 11) is -7.66. The molecule has 1 unspecified atom stereocenters. The van der Waals surface area contributed by atoms with Crippen molar-refractivity contribution in [2.75, 3.05) is 0 Å². The van der Waals surface area contributed by atoms with Crippen LogP contribution in [0, 0.1) is 0 Å². The Balaban J connectivity index is 5.57. The molecular weight excluding hydrogens is 336 g/mol. The van der Waals surface area contributed by atoms with Gasteiger partial charge in [-0.15, -0.1) is 0 Å². The van der Waals surface area contributed by atoms with E-state index >= 15 is 0 Å².